The maximum absolute atomic E-state index is 9.47. The molecule has 0 aliphatic rings. The first-order valence-electron chi connectivity index (χ1n) is 4.50. The van der Waals surface area contributed by atoms with Gasteiger partial charge in [0.15, 0.2) is 0 Å². The van der Waals surface area contributed by atoms with Crippen molar-refractivity contribution in [3.63, 3.8) is 0 Å². The number of benzene rings is 1. The highest BCUT2D eigenvalue weighted by molar-refractivity contribution is 7.62. The van der Waals surface area contributed by atoms with E-state index in [2.05, 4.69) is 27.2 Å². The number of carbonyl (C=O) groups excluding carboxylic acids is 1. The van der Waals surface area contributed by atoms with Gasteiger partial charge in [-0.1, -0.05) is 28.6 Å². The first-order chi connectivity index (χ1) is 8.09. The van der Waals surface area contributed by atoms with Gasteiger partial charge in [-0.05, 0) is 12.1 Å². The minimum absolute atomic E-state index is 1.06. The summed E-state index contributed by atoms with van der Waals surface area (Å²) >= 11 is 0. The van der Waals surface area contributed by atoms with Crippen LogP contribution < -0.4 is 5.73 Å². The molecule has 0 aliphatic heterocycles. The van der Waals surface area contributed by atoms with Crippen LogP contribution in [0, 0.1) is 0 Å². The van der Waals surface area contributed by atoms with Crippen molar-refractivity contribution < 1.29 is 13.2 Å². The summed E-state index contributed by atoms with van der Waals surface area (Å²) in [5.41, 5.74) is 5.35. The average molecular weight is 251 g/mol. The minimum Gasteiger partial charge on any atom is -0.349 e. The normalized spacial score (nSPS) is 8.94. The lowest BCUT2D eigenvalue weighted by Gasteiger charge is -1.91. The molecule has 1 heterocycles. The number of hydrogen-bond donors (Lipinski definition) is 1. The zero-order chi connectivity index (χ0) is 12.7. The lowest BCUT2D eigenvalue weighted by molar-refractivity contribution is 0.257. The van der Waals surface area contributed by atoms with E-state index >= 15 is 0 Å². The van der Waals surface area contributed by atoms with Crippen LogP contribution in [0.4, 0.5) is 4.79 Å². The van der Waals surface area contributed by atoms with Crippen LogP contribution in [-0.4, -0.2) is 19.4 Å². The Bertz CT molecular complexity index is 579. The third kappa shape index (κ3) is 4.85. The van der Waals surface area contributed by atoms with Crippen LogP contribution in [0.2, 0.25) is 0 Å². The SMILES string of the molecule is NC(=O)N=S(=O)=O.c1ccc2ncccc2c1. The molecule has 0 fully saturated rings. The Kier molecular flexibility index (Phi) is 4.77. The first kappa shape index (κ1) is 12.8. The van der Waals surface area contributed by atoms with Crippen LogP contribution in [0.5, 0.6) is 0 Å². The van der Waals surface area contributed by atoms with E-state index in [0.29, 0.717) is 0 Å². The molecule has 2 N–H and O–H groups in total. The molecule has 1 aromatic carbocycles. The fraction of sp³-hybridized carbons (Fsp3) is 0. The fourth-order valence-corrected chi connectivity index (χ4v) is 1.24. The van der Waals surface area contributed by atoms with Gasteiger partial charge >= 0.3 is 16.5 Å². The molecule has 0 atom stereocenters. The van der Waals surface area contributed by atoms with Crippen molar-refractivity contribution in [3.8, 4) is 0 Å². The smallest absolute Gasteiger partial charge is 0.349 e. The summed E-state index contributed by atoms with van der Waals surface area (Å²) < 4.78 is 21.0. The summed E-state index contributed by atoms with van der Waals surface area (Å²) in [5.74, 6) is 0. The summed E-state index contributed by atoms with van der Waals surface area (Å²) in [6, 6.07) is 10.9. The van der Waals surface area contributed by atoms with E-state index < -0.39 is 16.5 Å². The van der Waals surface area contributed by atoms with E-state index in [-0.39, 0.29) is 0 Å². The van der Waals surface area contributed by atoms with Crippen LogP contribution in [0.3, 0.4) is 0 Å². The molecule has 0 radical (unpaired) electrons. The third-order valence-electron chi connectivity index (χ3n) is 1.68. The monoisotopic (exact) mass is 251 g/mol. The maximum atomic E-state index is 9.47. The average Bonchev–Trinajstić information content (AvgIpc) is 2.28. The van der Waals surface area contributed by atoms with Gasteiger partial charge in [-0.2, -0.15) is 8.42 Å². The Morgan fingerprint density at radius 3 is 2.35 bits per heavy atom. The highest BCUT2D eigenvalue weighted by atomic mass is 32.2. The zero-order valence-corrected chi connectivity index (χ0v) is 9.46. The van der Waals surface area contributed by atoms with Gasteiger partial charge in [0.1, 0.15) is 0 Å². The van der Waals surface area contributed by atoms with E-state index in [1.165, 1.54) is 5.39 Å². The number of rotatable bonds is 0. The van der Waals surface area contributed by atoms with E-state index in [1.807, 2.05) is 30.5 Å². The van der Waals surface area contributed by atoms with Crippen molar-refractivity contribution in [2.45, 2.75) is 0 Å². The minimum atomic E-state index is -2.70. The number of primary amides is 1. The fourth-order valence-electron chi connectivity index (χ4n) is 1.09. The molecule has 0 spiro atoms. The molecule has 2 rings (SSSR count). The second-order valence-electron chi connectivity index (χ2n) is 2.84. The Labute approximate surface area is 98.8 Å². The summed E-state index contributed by atoms with van der Waals surface area (Å²) in [6.07, 6.45) is 1.81. The number of pyridine rings is 1. The van der Waals surface area contributed by atoms with Crippen molar-refractivity contribution in [2.75, 3.05) is 0 Å². The van der Waals surface area contributed by atoms with Gasteiger partial charge in [0.05, 0.1) is 5.52 Å². The number of urea groups is 1. The van der Waals surface area contributed by atoms with Gasteiger partial charge < -0.3 is 5.73 Å². The van der Waals surface area contributed by atoms with E-state index in [1.54, 1.807) is 0 Å². The quantitative estimate of drug-likeness (QED) is 0.763. The van der Waals surface area contributed by atoms with E-state index in [0.717, 1.165) is 5.52 Å². The molecule has 2 amide bonds. The second kappa shape index (κ2) is 6.33. The molecule has 17 heavy (non-hydrogen) atoms. The van der Waals surface area contributed by atoms with Gasteiger partial charge in [0.25, 0.3) is 0 Å². The number of fused-ring (bicyclic) bond motifs is 1. The Morgan fingerprint density at radius 1 is 1.18 bits per heavy atom. The van der Waals surface area contributed by atoms with Crippen LogP contribution in [0.1, 0.15) is 0 Å². The van der Waals surface area contributed by atoms with Gasteiger partial charge in [-0.25, -0.2) is 4.79 Å². The number of hydrogen-bond acceptors (Lipinski definition) is 4. The van der Waals surface area contributed by atoms with Gasteiger partial charge in [-0.3, -0.25) is 4.98 Å². The first-order valence-corrected chi connectivity index (χ1v) is 5.53. The van der Waals surface area contributed by atoms with Crippen molar-refractivity contribution >= 4 is 27.4 Å². The maximum Gasteiger partial charge on any atom is 0.353 e. The lowest BCUT2D eigenvalue weighted by atomic mass is 10.2. The largest absolute Gasteiger partial charge is 0.353 e. The van der Waals surface area contributed by atoms with Gasteiger partial charge in [0.2, 0.25) is 0 Å². The standard InChI is InChI=1S/C9H7N.CH2N2O3S/c1-2-6-9-8(4-1)5-3-7-10-9;2-1(4)3-7(5)6/h1-7H;(H2,2,4). The molecule has 0 bridgehead atoms. The Hall–Kier alpha value is -2.28. The molecule has 0 aliphatic carbocycles. The molecule has 0 unspecified atom stereocenters. The third-order valence-corrected chi connectivity index (χ3v) is 2.01. The summed E-state index contributed by atoms with van der Waals surface area (Å²) in [5, 5.41) is 1.20. The molecular formula is C10H9N3O3S. The topological polar surface area (TPSA) is 102 Å². The molecule has 0 saturated carbocycles. The number of nitrogens with zero attached hydrogens (tertiary/aromatic N) is 2. The number of amides is 2. The van der Waals surface area contributed by atoms with Crippen LogP contribution >= 0.6 is 0 Å². The Morgan fingerprint density at radius 2 is 1.82 bits per heavy atom. The Balaban J connectivity index is 0.000000185. The highest BCUT2D eigenvalue weighted by Gasteiger charge is 1.86. The van der Waals surface area contributed by atoms with Crippen molar-refractivity contribution in [2.24, 2.45) is 10.1 Å². The molecule has 0 saturated heterocycles. The molecule has 7 heteroatoms. The lowest BCUT2D eigenvalue weighted by Crippen LogP contribution is -2.02. The summed E-state index contributed by atoms with van der Waals surface area (Å²) in [4.78, 5) is 13.7. The van der Waals surface area contributed by atoms with E-state index in [9.17, 15) is 13.2 Å². The molecular weight excluding hydrogens is 242 g/mol. The van der Waals surface area contributed by atoms with Crippen LogP contribution in [-0.2, 0) is 10.5 Å². The van der Waals surface area contributed by atoms with Gasteiger partial charge in [0, 0.05) is 11.6 Å². The van der Waals surface area contributed by atoms with E-state index in [4.69, 9.17) is 0 Å². The van der Waals surface area contributed by atoms with Crippen molar-refractivity contribution in [1.29, 1.82) is 0 Å². The predicted octanol–water partition coefficient (Wildman–Crippen LogP) is 1.36. The summed E-state index contributed by atoms with van der Waals surface area (Å²) in [6.45, 7) is 0. The van der Waals surface area contributed by atoms with Gasteiger partial charge in [-0.15, -0.1) is 0 Å². The van der Waals surface area contributed by atoms with Crippen LogP contribution in [0.15, 0.2) is 47.0 Å². The number of carbonyl (C=O) groups is 1. The molecule has 88 valence electrons. The van der Waals surface area contributed by atoms with Crippen LogP contribution in [0.25, 0.3) is 10.9 Å². The number of para-hydroxylation sites is 1. The molecule has 6 nitrogen and oxygen atoms in total. The molecule has 2 aromatic rings. The molecule has 1 aromatic heterocycles. The predicted molar refractivity (Wildman–Crippen MR) is 62.7 cm³/mol. The second-order valence-corrected chi connectivity index (χ2v) is 3.46. The number of nitrogens with two attached hydrogens (primary N) is 1. The zero-order valence-electron chi connectivity index (χ0n) is 8.65. The summed E-state index contributed by atoms with van der Waals surface area (Å²) in [7, 11) is -2.70. The number of aromatic nitrogens is 1. The highest BCUT2D eigenvalue weighted by Crippen LogP contribution is 2.07. The van der Waals surface area contributed by atoms with Crippen molar-refractivity contribution in [1.82, 2.24) is 4.98 Å². The van der Waals surface area contributed by atoms with Crippen molar-refractivity contribution in [3.05, 3.63) is 42.6 Å².